The fourth-order valence-corrected chi connectivity index (χ4v) is 4.29. The summed E-state index contributed by atoms with van der Waals surface area (Å²) in [5, 5.41) is 15.0. The number of rotatable bonds is 7. The lowest BCUT2D eigenvalue weighted by Crippen LogP contribution is -1.98. The molecule has 0 spiro atoms. The molecule has 36 heavy (non-hydrogen) atoms. The maximum absolute atomic E-state index is 10.1. The summed E-state index contributed by atoms with van der Waals surface area (Å²) < 4.78 is 9.67. The van der Waals surface area contributed by atoms with Crippen LogP contribution in [0.4, 0.5) is 0 Å². The fraction of sp³-hybridized carbons (Fsp3) is 0.167. The van der Waals surface area contributed by atoms with Gasteiger partial charge in [-0.25, -0.2) is 9.67 Å². The van der Waals surface area contributed by atoms with Gasteiger partial charge >= 0.3 is 0 Å². The molecular formula is C30H27N5O. The van der Waals surface area contributed by atoms with Gasteiger partial charge in [-0.15, -0.1) is 0 Å². The predicted octanol–water partition coefficient (Wildman–Crippen LogP) is 6.59. The highest BCUT2D eigenvalue weighted by Gasteiger charge is 2.17. The Morgan fingerprint density at radius 3 is 2.56 bits per heavy atom. The SMILES string of the molecule is CCCOc1ccc(-c2nn(-c3ccccc3)cc2C=C(C#N)c2nc3ccccc3n2C)cc1C. The molecule has 0 amide bonds. The minimum Gasteiger partial charge on any atom is -0.493 e. The summed E-state index contributed by atoms with van der Waals surface area (Å²) >= 11 is 0. The summed E-state index contributed by atoms with van der Waals surface area (Å²) in [6.45, 7) is 4.81. The van der Waals surface area contributed by atoms with Crippen LogP contribution in [0.1, 0.15) is 30.3 Å². The molecule has 0 aliphatic carbocycles. The number of nitriles is 1. The van der Waals surface area contributed by atoms with E-state index in [0.717, 1.165) is 51.3 Å². The second-order valence-electron chi connectivity index (χ2n) is 8.69. The molecule has 0 bridgehead atoms. The first kappa shape index (κ1) is 23.1. The third-order valence-electron chi connectivity index (χ3n) is 6.12. The molecular weight excluding hydrogens is 446 g/mol. The Morgan fingerprint density at radius 2 is 1.83 bits per heavy atom. The van der Waals surface area contributed by atoms with Gasteiger partial charge in [-0.05, 0) is 67.4 Å². The number of ether oxygens (including phenoxy) is 1. The van der Waals surface area contributed by atoms with Gasteiger partial charge in [0.2, 0.25) is 0 Å². The smallest absolute Gasteiger partial charge is 0.151 e. The van der Waals surface area contributed by atoms with Crippen LogP contribution in [0, 0.1) is 18.3 Å². The molecule has 0 radical (unpaired) electrons. The molecule has 6 heteroatoms. The van der Waals surface area contributed by atoms with E-state index in [1.54, 1.807) is 0 Å². The van der Waals surface area contributed by atoms with Crippen LogP contribution in [0.3, 0.4) is 0 Å². The van der Waals surface area contributed by atoms with E-state index in [1.807, 2.05) is 102 Å². The Balaban J connectivity index is 1.65. The first-order valence-electron chi connectivity index (χ1n) is 12.0. The molecule has 0 saturated carbocycles. The van der Waals surface area contributed by atoms with Gasteiger partial charge in [-0.3, -0.25) is 0 Å². The molecule has 0 fully saturated rings. The third-order valence-corrected chi connectivity index (χ3v) is 6.12. The molecule has 0 unspecified atom stereocenters. The fourth-order valence-electron chi connectivity index (χ4n) is 4.29. The van der Waals surface area contributed by atoms with Gasteiger partial charge in [-0.1, -0.05) is 37.3 Å². The number of imidazole rings is 1. The minimum absolute atomic E-state index is 0.474. The second kappa shape index (κ2) is 9.93. The zero-order valence-corrected chi connectivity index (χ0v) is 20.6. The Bertz CT molecular complexity index is 1600. The van der Waals surface area contributed by atoms with Crippen LogP contribution < -0.4 is 4.74 Å². The summed E-state index contributed by atoms with van der Waals surface area (Å²) in [7, 11) is 1.93. The maximum Gasteiger partial charge on any atom is 0.151 e. The van der Waals surface area contributed by atoms with Crippen LogP contribution >= 0.6 is 0 Å². The van der Waals surface area contributed by atoms with Gasteiger partial charge < -0.3 is 9.30 Å². The number of hydrogen-bond donors (Lipinski definition) is 0. The van der Waals surface area contributed by atoms with Crippen LogP contribution in [0.15, 0.2) is 79.0 Å². The molecule has 6 nitrogen and oxygen atoms in total. The molecule has 3 aromatic carbocycles. The zero-order chi connectivity index (χ0) is 25.1. The van der Waals surface area contributed by atoms with E-state index in [-0.39, 0.29) is 0 Å². The standard InChI is InChI=1S/C30H27N5O/c1-4-16-36-28-15-14-22(17-21(28)2)29-24(20-35(33-29)25-10-6-5-7-11-25)18-23(19-31)30-32-26-12-8-9-13-27(26)34(30)3/h5-15,17-18,20H,4,16H2,1-3H3. The second-order valence-corrected chi connectivity index (χ2v) is 8.69. The van der Waals surface area contributed by atoms with E-state index in [0.29, 0.717) is 18.0 Å². The summed E-state index contributed by atoms with van der Waals surface area (Å²) in [5.74, 6) is 1.49. The Morgan fingerprint density at radius 1 is 1.06 bits per heavy atom. The van der Waals surface area contributed by atoms with Gasteiger partial charge in [0.15, 0.2) is 5.82 Å². The summed E-state index contributed by atoms with van der Waals surface area (Å²) in [4.78, 5) is 4.73. The molecule has 0 aliphatic rings. The lowest BCUT2D eigenvalue weighted by molar-refractivity contribution is 0.315. The first-order chi connectivity index (χ1) is 17.6. The number of allylic oxidation sites excluding steroid dienone is 1. The zero-order valence-electron chi connectivity index (χ0n) is 20.6. The van der Waals surface area contributed by atoms with Crippen molar-refractivity contribution in [3.63, 3.8) is 0 Å². The first-order valence-corrected chi connectivity index (χ1v) is 12.0. The number of aryl methyl sites for hydroxylation is 2. The number of nitrogens with zero attached hydrogens (tertiary/aromatic N) is 5. The number of hydrogen-bond acceptors (Lipinski definition) is 4. The van der Waals surface area contributed by atoms with Crippen molar-refractivity contribution in [2.75, 3.05) is 6.61 Å². The highest BCUT2D eigenvalue weighted by Crippen LogP contribution is 2.31. The maximum atomic E-state index is 10.1. The van der Waals surface area contributed by atoms with Crippen LogP contribution in [-0.2, 0) is 7.05 Å². The van der Waals surface area contributed by atoms with Gasteiger partial charge in [0.1, 0.15) is 17.5 Å². The molecule has 0 aliphatic heterocycles. The molecule has 5 aromatic rings. The quantitative estimate of drug-likeness (QED) is 0.250. The minimum atomic E-state index is 0.474. The van der Waals surface area contributed by atoms with Crippen molar-refractivity contribution < 1.29 is 4.74 Å². The molecule has 0 saturated heterocycles. The number of benzene rings is 3. The van der Waals surface area contributed by atoms with E-state index >= 15 is 0 Å². The van der Waals surface area contributed by atoms with Crippen LogP contribution in [0.25, 0.3) is 39.6 Å². The molecule has 2 heterocycles. The van der Waals surface area contributed by atoms with Gasteiger partial charge in [0.25, 0.3) is 0 Å². The van der Waals surface area contributed by atoms with E-state index in [9.17, 15) is 5.26 Å². The van der Waals surface area contributed by atoms with E-state index in [1.165, 1.54) is 0 Å². The van der Waals surface area contributed by atoms with Crippen molar-refractivity contribution in [1.29, 1.82) is 5.26 Å². The normalized spacial score (nSPS) is 11.6. The highest BCUT2D eigenvalue weighted by atomic mass is 16.5. The Labute approximate surface area is 210 Å². The molecule has 2 aromatic heterocycles. The molecule has 0 atom stereocenters. The van der Waals surface area contributed by atoms with Crippen molar-refractivity contribution in [1.82, 2.24) is 19.3 Å². The predicted molar refractivity (Wildman–Crippen MR) is 144 cm³/mol. The van der Waals surface area contributed by atoms with Gasteiger partial charge in [0.05, 0.1) is 28.9 Å². The van der Waals surface area contributed by atoms with E-state index in [2.05, 4.69) is 19.1 Å². The van der Waals surface area contributed by atoms with Crippen LogP contribution in [0.5, 0.6) is 5.75 Å². The van der Waals surface area contributed by atoms with Crippen LogP contribution in [0.2, 0.25) is 0 Å². The topological polar surface area (TPSA) is 68.7 Å². The number of fused-ring (bicyclic) bond motifs is 1. The largest absolute Gasteiger partial charge is 0.493 e. The van der Waals surface area contributed by atoms with E-state index < -0.39 is 0 Å². The highest BCUT2D eigenvalue weighted by molar-refractivity contribution is 5.93. The van der Waals surface area contributed by atoms with Crippen molar-refractivity contribution >= 4 is 22.7 Å². The average molecular weight is 474 g/mol. The number of aromatic nitrogens is 4. The summed E-state index contributed by atoms with van der Waals surface area (Å²) in [6.07, 6.45) is 4.79. The van der Waals surface area contributed by atoms with Crippen molar-refractivity contribution in [3.8, 4) is 28.8 Å². The molecule has 0 N–H and O–H groups in total. The van der Waals surface area contributed by atoms with Gasteiger partial charge in [0, 0.05) is 24.4 Å². The van der Waals surface area contributed by atoms with Crippen LogP contribution in [-0.4, -0.2) is 25.9 Å². The van der Waals surface area contributed by atoms with Crippen molar-refractivity contribution in [3.05, 3.63) is 95.9 Å². The lowest BCUT2D eigenvalue weighted by atomic mass is 10.0. The number of para-hydroxylation sites is 3. The third kappa shape index (κ3) is 4.39. The Hall–Kier alpha value is -4.63. The summed E-state index contributed by atoms with van der Waals surface area (Å²) in [6, 6.07) is 26.3. The molecule has 178 valence electrons. The average Bonchev–Trinajstić information content (AvgIpc) is 3.48. The Kier molecular flexibility index (Phi) is 6.38. The van der Waals surface area contributed by atoms with E-state index in [4.69, 9.17) is 14.8 Å². The van der Waals surface area contributed by atoms with Crippen molar-refractivity contribution in [2.45, 2.75) is 20.3 Å². The van der Waals surface area contributed by atoms with Gasteiger partial charge in [-0.2, -0.15) is 10.4 Å². The molecule has 5 rings (SSSR count). The summed E-state index contributed by atoms with van der Waals surface area (Å²) in [5.41, 5.74) is 6.88. The lowest BCUT2D eigenvalue weighted by Gasteiger charge is -2.09. The van der Waals surface area contributed by atoms with Crippen molar-refractivity contribution in [2.24, 2.45) is 7.05 Å². The monoisotopic (exact) mass is 473 g/mol.